The highest BCUT2D eigenvalue weighted by atomic mass is 32.1. The molecule has 0 fully saturated rings. The van der Waals surface area contributed by atoms with Crippen molar-refractivity contribution in [1.29, 1.82) is 0 Å². The molecular weight excluding hydrogens is 491 g/mol. The Hall–Kier alpha value is -4.06. The summed E-state index contributed by atoms with van der Waals surface area (Å²) in [5, 5.41) is 10.8. The highest BCUT2D eigenvalue weighted by Crippen LogP contribution is 2.37. The predicted octanol–water partition coefficient (Wildman–Crippen LogP) is 4.19. The second-order valence-corrected chi connectivity index (χ2v) is 8.16. The van der Waals surface area contributed by atoms with Crippen LogP contribution < -0.4 is 19.1 Å². The molecule has 0 atom stereocenters. The van der Waals surface area contributed by atoms with Crippen molar-refractivity contribution in [1.82, 2.24) is 0 Å². The standard InChI is InChI=1S/C23H16F3NO7S/c1-32-15-4-3-12(24)19(26)20(15)34-8-10-5-14(13(25)7-16(10)33-2)27-17(28)6-11-9-35-21(23(30)31)18(11)22(27)29/h3-5,7,9H,6,8H2,1-2H3,(H,30,31). The average Bonchev–Trinajstić information content (AvgIpc) is 3.25. The maximum atomic E-state index is 15.0. The van der Waals surface area contributed by atoms with E-state index in [1.165, 1.54) is 19.6 Å². The van der Waals surface area contributed by atoms with Crippen molar-refractivity contribution in [2.24, 2.45) is 0 Å². The largest absolute Gasteiger partial charge is 0.496 e. The van der Waals surface area contributed by atoms with Gasteiger partial charge in [-0.1, -0.05) is 0 Å². The van der Waals surface area contributed by atoms with E-state index in [2.05, 4.69) is 0 Å². The molecule has 2 amide bonds. The van der Waals surface area contributed by atoms with Gasteiger partial charge < -0.3 is 19.3 Å². The van der Waals surface area contributed by atoms with Gasteiger partial charge >= 0.3 is 5.97 Å². The van der Waals surface area contributed by atoms with E-state index in [-0.39, 0.29) is 39.5 Å². The van der Waals surface area contributed by atoms with Crippen LogP contribution in [0.4, 0.5) is 18.9 Å². The summed E-state index contributed by atoms with van der Waals surface area (Å²) in [5.41, 5.74) is -0.337. The van der Waals surface area contributed by atoms with Crippen LogP contribution in [0.5, 0.6) is 17.2 Å². The third kappa shape index (κ3) is 4.16. The SMILES string of the molecule is COc1cc(F)c(N2C(=O)Cc3csc(C(=O)O)c3C2=O)cc1COc1c(OC)ccc(F)c1F. The van der Waals surface area contributed by atoms with E-state index in [9.17, 15) is 32.7 Å². The monoisotopic (exact) mass is 507 g/mol. The summed E-state index contributed by atoms with van der Waals surface area (Å²) in [6.45, 7) is -0.479. The Morgan fingerprint density at radius 1 is 1.09 bits per heavy atom. The van der Waals surface area contributed by atoms with Gasteiger partial charge in [0, 0.05) is 11.6 Å². The number of thiophene rings is 1. The van der Waals surface area contributed by atoms with E-state index in [0.717, 1.165) is 35.6 Å². The van der Waals surface area contributed by atoms with Gasteiger partial charge in [-0.25, -0.2) is 18.5 Å². The number of aromatic carboxylic acids is 1. The number of benzene rings is 2. The summed E-state index contributed by atoms with van der Waals surface area (Å²) in [6.07, 6.45) is -0.312. The number of fused-ring (bicyclic) bond motifs is 1. The first kappa shape index (κ1) is 24.1. The number of ether oxygens (including phenoxy) is 3. The fraction of sp³-hybridized carbons (Fsp3) is 0.174. The number of amides is 2. The lowest BCUT2D eigenvalue weighted by Gasteiger charge is -2.27. The first-order chi connectivity index (χ1) is 16.7. The highest BCUT2D eigenvalue weighted by Gasteiger charge is 2.38. The Bertz CT molecular complexity index is 1370. The number of rotatable bonds is 7. The van der Waals surface area contributed by atoms with E-state index in [4.69, 9.17) is 14.2 Å². The smallest absolute Gasteiger partial charge is 0.346 e. The third-order valence-electron chi connectivity index (χ3n) is 5.27. The normalized spacial score (nSPS) is 13.0. The lowest BCUT2D eigenvalue weighted by atomic mass is 10.00. The van der Waals surface area contributed by atoms with Crippen LogP contribution in [0.15, 0.2) is 29.6 Å². The van der Waals surface area contributed by atoms with Gasteiger partial charge in [0.15, 0.2) is 17.4 Å². The molecule has 2 aromatic carbocycles. The molecule has 0 saturated heterocycles. The van der Waals surface area contributed by atoms with Crippen molar-refractivity contribution < 1.29 is 46.9 Å². The molecule has 8 nitrogen and oxygen atoms in total. The molecule has 1 aromatic heterocycles. The van der Waals surface area contributed by atoms with E-state index in [0.29, 0.717) is 4.90 Å². The van der Waals surface area contributed by atoms with Gasteiger partial charge in [-0.3, -0.25) is 9.59 Å². The van der Waals surface area contributed by atoms with E-state index < -0.39 is 53.3 Å². The number of anilines is 1. The van der Waals surface area contributed by atoms with Crippen LogP contribution in [0.3, 0.4) is 0 Å². The Labute approximate surface area is 200 Å². The van der Waals surface area contributed by atoms with E-state index >= 15 is 0 Å². The first-order valence-corrected chi connectivity index (χ1v) is 10.8. The Morgan fingerprint density at radius 3 is 2.46 bits per heavy atom. The number of hydrogen-bond acceptors (Lipinski definition) is 7. The van der Waals surface area contributed by atoms with Gasteiger partial charge in [0.2, 0.25) is 17.5 Å². The van der Waals surface area contributed by atoms with Gasteiger partial charge in [-0.2, -0.15) is 4.39 Å². The van der Waals surface area contributed by atoms with Crippen molar-refractivity contribution >= 4 is 34.8 Å². The van der Waals surface area contributed by atoms with E-state index in [1.54, 1.807) is 0 Å². The molecular formula is C23H16F3NO7S. The molecule has 35 heavy (non-hydrogen) atoms. The van der Waals surface area contributed by atoms with Crippen LogP contribution in [0, 0.1) is 17.5 Å². The van der Waals surface area contributed by atoms with Crippen LogP contribution in [0.25, 0.3) is 0 Å². The highest BCUT2D eigenvalue weighted by molar-refractivity contribution is 7.12. The summed E-state index contributed by atoms with van der Waals surface area (Å²) >= 11 is 0.791. The van der Waals surface area contributed by atoms with Crippen molar-refractivity contribution in [2.75, 3.05) is 19.1 Å². The molecule has 1 aliphatic heterocycles. The molecule has 182 valence electrons. The second kappa shape index (κ2) is 9.29. The zero-order valence-corrected chi connectivity index (χ0v) is 19.0. The number of nitrogens with zero attached hydrogens (tertiary/aromatic N) is 1. The molecule has 1 aliphatic rings. The molecule has 1 N–H and O–H groups in total. The topological polar surface area (TPSA) is 102 Å². The molecule has 0 aliphatic carbocycles. The molecule has 0 bridgehead atoms. The van der Waals surface area contributed by atoms with Gasteiger partial charge in [-0.05, 0) is 29.1 Å². The minimum absolute atomic E-state index is 0.0543. The minimum atomic E-state index is -1.35. The predicted molar refractivity (Wildman–Crippen MR) is 117 cm³/mol. The van der Waals surface area contributed by atoms with Gasteiger partial charge in [0.25, 0.3) is 5.91 Å². The molecule has 0 unspecified atom stereocenters. The maximum absolute atomic E-state index is 15.0. The Balaban J connectivity index is 1.74. The van der Waals surface area contributed by atoms with Gasteiger partial charge in [0.05, 0.1) is 31.9 Å². The van der Waals surface area contributed by atoms with Crippen molar-refractivity contribution in [3.05, 3.63) is 68.7 Å². The van der Waals surface area contributed by atoms with Crippen molar-refractivity contribution in [3.63, 3.8) is 0 Å². The number of carbonyl (C=O) groups excluding carboxylic acids is 2. The molecule has 0 radical (unpaired) electrons. The third-order valence-corrected chi connectivity index (χ3v) is 6.28. The van der Waals surface area contributed by atoms with Gasteiger partial charge in [-0.15, -0.1) is 11.3 Å². The molecule has 3 aromatic rings. The zero-order valence-electron chi connectivity index (χ0n) is 18.2. The van der Waals surface area contributed by atoms with Crippen LogP contribution in [-0.4, -0.2) is 37.1 Å². The van der Waals surface area contributed by atoms with Crippen LogP contribution in [0.2, 0.25) is 0 Å². The average molecular weight is 507 g/mol. The number of carboxylic acid groups (broad SMARTS) is 1. The number of imide groups is 1. The fourth-order valence-corrected chi connectivity index (χ4v) is 4.55. The van der Waals surface area contributed by atoms with Crippen LogP contribution in [-0.2, 0) is 17.8 Å². The quantitative estimate of drug-likeness (QED) is 0.479. The van der Waals surface area contributed by atoms with Crippen molar-refractivity contribution in [3.8, 4) is 17.2 Å². The second-order valence-electron chi connectivity index (χ2n) is 7.28. The summed E-state index contributed by atoms with van der Waals surface area (Å²) in [7, 11) is 2.46. The Kier molecular flexibility index (Phi) is 6.39. The summed E-state index contributed by atoms with van der Waals surface area (Å²) in [6, 6.07) is 4.00. The zero-order chi connectivity index (χ0) is 25.4. The fourth-order valence-electron chi connectivity index (χ4n) is 3.65. The number of carboxylic acids is 1. The Morgan fingerprint density at radius 2 is 1.80 bits per heavy atom. The minimum Gasteiger partial charge on any atom is -0.496 e. The van der Waals surface area contributed by atoms with Crippen molar-refractivity contribution in [2.45, 2.75) is 13.0 Å². The molecule has 2 heterocycles. The van der Waals surface area contributed by atoms with E-state index in [1.807, 2.05) is 0 Å². The van der Waals surface area contributed by atoms with Gasteiger partial charge in [0.1, 0.15) is 17.2 Å². The summed E-state index contributed by atoms with van der Waals surface area (Å²) < 4.78 is 58.5. The molecule has 12 heteroatoms. The summed E-state index contributed by atoms with van der Waals surface area (Å²) in [5.74, 6) is -7.31. The molecule has 4 rings (SSSR count). The maximum Gasteiger partial charge on any atom is 0.346 e. The first-order valence-electron chi connectivity index (χ1n) is 9.90. The summed E-state index contributed by atoms with van der Waals surface area (Å²) in [4.78, 5) is 37.6. The van der Waals surface area contributed by atoms with Crippen LogP contribution in [0.1, 0.15) is 31.2 Å². The number of halogens is 3. The number of carbonyl (C=O) groups is 3. The lowest BCUT2D eigenvalue weighted by Crippen LogP contribution is -2.43. The number of hydrogen-bond donors (Lipinski definition) is 1. The van der Waals surface area contributed by atoms with Crippen LogP contribution >= 0.6 is 11.3 Å². The molecule has 0 spiro atoms. The molecule has 0 saturated carbocycles. The number of methoxy groups -OCH3 is 2. The lowest BCUT2D eigenvalue weighted by molar-refractivity contribution is -0.117.